The number of nitrogens with two attached hydrogens (primary N) is 1. The molecule has 1 heterocycles. The number of nitrogens with zero attached hydrogens (tertiary/aromatic N) is 3. The molecule has 0 saturated carbocycles. The molecule has 2 amide bonds. The van der Waals surface area contributed by atoms with Crippen LogP contribution in [0.2, 0.25) is 0 Å². The molecule has 0 aliphatic carbocycles. The number of amides is 2. The lowest BCUT2D eigenvalue weighted by Crippen LogP contribution is -2.48. The molecule has 0 spiro atoms. The zero-order valence-electron chi connectivity index (χ0n) is 12.8. The number of anilines is 1. The zero-order valence-corrected chi connectivity index (χ0v) is 12.8. The average molecular weight is 313 g/mol. The summed E-state index contributed by atoms with van der Waals surface area (Å²) in [5, 5.41) is 2.66. The molecule has 0 radical (unpaired) electrons. The third-order valence-corrected chi connectivity index (χ3v) is 3.28. The molecule has 1 aromatic heterocycles. The Hall–Kier alpha value is -2.96. The van der Waals surface area contributed by atoms with Gasteiger partial charge in [-0.25, -0.2) is 4.98 Å². The van der Waals surface area contributed by atoms with E-state index in [0.29, 0.717) is 12.2 Å². The van der Waals surface area contributed by atoms with Gasteiger partial charge in [-0.1, -0.05) is 30.3 Å². The fourth-order valence-corrected chi connectivity index (χ4v) is 2.10. The molecule has 7 nitrogen and oxygen atoms in total. The molecule has 0 saturated heterocycles. The van der Waals surface area contributed by atoms with Crippen molar-refractivity contribution in [2.45, 2.75) is 12.5 Å². The van der Waals surface area contributed by atoms with Gasteiger partial charge in [0.2, 0.25) is 11.8 Å². The van der Waals surface area contributed by atoms with Gasteiger partial charge in [-0.2, -0.15) is 0 Å². The van der Waals surface area contributed by atoms with Gasteiger partial charge in [-0.3, -0.25) is 14.6 Å². The first-order chi connectivity index (χ1) is 11.1. The highest BCUT2D eigenvalue weighted by Gasteiger charge is 2.19. The Kier molecular flexibility index (Phi) is 5.62. The van der Waals surface area contributed by atoms with Crippen molar-refractivity contribution in [2.75, 3.05) is 18.5 Å². The van der Waals surface area contributed by atoms with Gasteiger partial charge in [0.05, 0.1) is 12.7 Å². The molecule has 2 rings (SSSR count). The summed E-state index contributed by atoms with van der Waals surface area (Å²) in [6.07, 6.45) is 5.02. The van der Waals surface area contributed by atoms with E-state index in [9.17, 15) is 9.59 Å². The number of primary amides is 1. The predicted octanol–water partition coefficient (Wildman–Crippen LogP) is 0.126. The normalized spacial score (nSPS) is 11.5. The minimum absolute atomic E-state index is 0.0528. The molecule has 0 aliphatic heterocycles. The molecule has 0 bridgehead atoms. The minimum atomic E-state index is -0.750. The Morgan fingerprint density at radius 1 is 1.26 bits per heavy atom. The van der Waals surface area contributed by atoms with E-state index in [1.54, 1.807) is 30.5 Å². The molecule has 23 heavy (non-hydrogen) atoms. The van der Waals surface area contributed by atoms with Crippen LogP contribution in [0.25, 0.3) is 0 Å². The first-order valence-electron chi connectivity index (χ1n) is 7.16. The summed E-state index contributed by atoms with van der Waals surface area (Å²) < 4.78 is 0. The van der Waals surface area contributed by atoms with E-state index in [1.807, 2.05) is 30.3 Å². The molecule has 120 valence electrons. The average Bonchev–Trinajstić information content (AvgIpc) is 2.56. The predicted molar refractivity (Wildman–Crippen MR) is 86.6 cm³/mol. The SMILES string of the molecule is CN(CC(=O)N[C@@H](Cc1ccccc1)C(N)=O)c1cnccn1. The maximum atomic E-state index is 12.1. The van der Waals surface area contributed by atoms with Gasteiger partial charge in [0.15, 0.2) is 0 Å². The Labute approximate surface area is 134 Å². The largest absolute Gasteiger partial charge is 0.368 e. The van der Waals surface area contributed by atoms with E-state index in [1.165, 1.54) is 0 Å². The van der Waals surface area contributed by atoms with E-state index >= 15 is 0 Å². The number of nitrogens with one attached hydrogen (secondary N) is 1. The molecule has 0 fully saturated rings. The lowest BCUT2D eigenvalue weighted by molar-refractivity contribution is -0.126. The van der Waals surface area contributed by atoms with Crippen molar-refractivity contribution in [1.29, 1.82) is 0 Å². The van der Waals surface area contributed by atoms with Gasteiger partial charge in [-0.15, -0.1) is 0 Å². The van der Waals surface area contributed by atoms with Crippen molar-refractivity contribution >= 4 is 17.6 Å². The molecular weight excluding hydrogens is 294 g/mol. The second-order valence-electron chi connectivity index (χ2n) is 5.13. The molecule has 0 aliphatic rings. The van der Waals surface area contributed by atoms with Crippen molar-refractivity contribution in [3.63, 3.8) is 0 Å². The molecule has 3 N–H and O–H groups in total. The summed E-state index contributed by atoms with van der Waals surface area (Å²) in [6, 6.07) is 8.65. The smallest absolute Gasteiger partial charge is 0.240 e. The van der Waals surface area contributed by atoms with Crippen LogP contribution < -0.4 is 16.0 Å². The number of rotatable bonds is 7. The molecule has 1 aromatic carbocycles. The molecule has 7 heteroatoms. The summed E-state index contributed by atoms with van der Waals surface area (Å²) >= 11 is 0. The second kappa shape index (κ2) is 7.88. The van der Waals surface area contributed by atoms with Crippen molar-refractivity contribution < 1.29 is 9.59 Å². The number of carbonyl (C=O) groups excluding carboxylic acids is 2. The van der Waals surface area contributed by atoms with Crippen LogP contribution >= 0.6 is 0 Å². The fourth-order valence-electron chi connectivity index (χ4n) is 2.10. The van der Waals surface area contributed by atoms with E-state index < -0.39 is 11.9 Å². The summed E-state index contributed by atoms with van der Waals surface area (Å²) in [4.78, 5) is 33.4. The van der Waals surface area contributed by atoms with Crippen LogP contribution in [0.4, 0.5) is 5.82 Å². The highest BCUT2D eigenvalue weighted by molar-refractivity contribution is 5.88. The van der Waals surface area contributed by atoms with Crippen LogP contribution in [-0.4, -0.2) is 41.4 Å². The van der Waals surface area contributed by atoms with Crippen LogP contribution in [0.5, 0.6) is 0 Å². The van der Waals surface area contributed by atoms with Gasteiger partial charge >= 0.3 is 0 Å². The third kappa shape index (κ3) is 5.06. The van der Waals surface area contributed by atoms with E-state index in [4.69, 9.17) is 5.73 Å². The summed E-state index contributed by atoms with van der Waals surface area (Å²) in [5.41, 5.74) is 6.31. The fraction of sp³-hybridized carbons (Fsp3) is 0.250. The second-order valence-corrected chi connectivity index (χ2v) is 5.13. The maximum absolute atomic E-state index is 12.1. The highest BCUT2D eigenvalue weighted by Crippen LogP contribution is 2.05. The number of benzene rings is 1. The zero-order chi connectivity index (χ0) is 16.7. The number of aromatic nitrogens is 2. The number of likely N-dealkylation sites (N-methyl/N-ethyl adjacent to an activating group) is 1. The lowest BCUT2D eigenvalue weighted by atomic mass is 10.1. The summed E-state index contributed by atoms with van der Waals surface area (Å²) in [5.74, 6) is -0.302. The number of carbonyl (C=O) groups is 2. The first kappa shape index (κ1) is 16.4. The number of hydrogen-bond acceptors (Lipinski definition) is 5. The monoisotopic (exact) mass is 313 g/mol. The topological polar surface area (TPSA) is 101 Å². The van der Waals surface area contributed by atoms with Crippen LogP contribution in [0.3, 0.4) is 0 Å². The lowest BCUT2D eigenvalue weighted by Gasteiger charge is -2.20. The Bertz CT molecular complexity index is 648. The Balaban J connectivity index is 1.94. The first-order valence-corrected chi connectivity index (χ1v) is 7.16. The van der Waals surface area contributed by atoms with Crippen molar-refractivity contribution in [3.8, 4) is 0 Å². The van der Waals surface area contributed by atoms with Gasteiger partial charge in [0.1, 0.15) is 11.9 Å². The standard InChI is InChI=1S/C16H19N5O2/c1-21(14-10-18-7-8-19-14)11-15(22)20-13(16(17)23)9-12-5-3-2-4-6-12/h2-8,10,13H,9,11H2,1H3,(H2,17,23)(H,20,22)/t13-/m0/s1. The molecular formula is C16H19N5O2. The summed E-state index contributed by atoms with van der Waals surface area (Å²) in [6.45, 7) is 0.0528. The Morgan fingerprint density at radius 2 is 2.00 bits per heavy atom. The number of hydrogen-bond donors (Lipinski definition) is 2. The quantitative estimate of drug-likeness (QED) is 0.756. The minimum Gasteiger partial charge on any atom is -0.368 e. The molecule has 0 unspecified atom stereocenters. The van der Waals surface area contributed by atoms with Crippen LogP contribution in [0.15, 0.2) is 48.9 Å². The van der Waals surface area contributed by atoms with Crippen molar-refractivity contribution in [1.82, 2.24) is 15.3 Å². The van der Waals surface area contributed by atoms with Gasteiger partial charge < -0.3 is 16.0 Å². The summed E-state index contributed by atoms with van der Waals surface area (Å²) in [7, 11) is 1.72. The van der Waals surface area contributed by atoms with Crippen LogP contribution in [-0.2, 0) is 16.0 Å². The van der Waals surface area contributed by atoms with E-state index in [-0.39, 0.29) is 12.5 Å². The third-order valence-electron chi connectivity index (χ3n) is 3.28. The molecule has 2 aromatic rings. The van der Waals surface area contributed by atoms with Crippen LogP contribution in [0.1, 0.15) is 5.56 Å². The van der Waals surface area contributed by atoms with Gasteiger partial charge in [0, 0.05) is 25.9 Å². The highest BCUT2D eigenvalue weighted by atomic mass is 16.2. The van der Waals surface area contributed by atoms with Gasteiger partial charge in [-0.05, 0) is 5.56 Å². The van der Waals surface area contributed by atoms with E-state index in [0.717, 1.165) is 5.56 Å². The van der Waals surface area contributed by atoms with Crippen molar-refractivity contribution in [3.05, 3.63) is 54.5 Å². The maximum Gasteiger partial charge on any atom is 0.240 e. The molecule has 1 atom stereocenters. The van der Waals surface area contributed by atoms with E-state index in [2.05, 4.69) is 15.3 Å². The van der Waals surface area contributed by atoms with Crippen molar-refractivity contribution in [2.24, 2.45) is 5.73 Å². The van der Waals surface area contributed by atoms with Crippen LogP contribution in [0, 0.1) is 0 Å². The van der Waals surface area contributed by atoms with Gasteiger partial charge in [0.25, 0.3) is 0 Å². The Morgan fingerprint density at radius 3 is 2.61 bits per heavy atom.